The van der Waals surface area contributed by atoms with Gasteiger partial charge in [0.2, 0.25) is 0 Å². The third-order valence-corrected chi connectivity index (χ3v) is 4.68. The number of hydrogen-bond acceptors (Lipinski definition) is 2. The molecule has 2 nitrogen and oxygen atoms in total. The zero-order valence-electron chi connectivity index (χ0n) is 12.3. The van der Waals surface area contributed by atoms with Crippen LogP contribution in [0.3, 0.4) is 0 Å². The van der Waals surface area contributed by atoms with Crippen molar-refractivity contribution < 1.29 is 13.9 Å². The molecule has 1 aromatic rings. The zero-order chi connectivity index (χ0) is 14.2. The molecule has 1 aliphatic heterocycles. The molecular formula is C17H23FO2. The Morgan fingerprint density at radius 3 is 2.75 bits per heavy atom. The van der Waals surface area contributed by atoms with E-state index in [2.05, 4.69) is 13.8 Å². The molecule has 1 aliphatic carbocycles. The SMILES string of the molecule is CC1(C)CCC2(CCCC2OCc2ccccc2F)O1. The Hall–Kier alpha value is -0.930. The number of benzene rings is 1. The maximum atomic E-state index is 13.6. The van der Waals surface area contributed by atoms with Gasteiger partial charge in [0, 0.05) is 5.56 Å². The molecule has 1 saturated carbocycles. The molecule has 0 bridgehead atoms. The summed E-state index contributed by atoms with van der Waals surface area (Å²) >= 11 is 0. The van der Waals surface area contributed by atoms with E-state index < -0.39 is 0 Å². The first-order chi connectivity index (χ1) is 9.51. The highest BCUT2D eigenvalue weighted by atomic mass is 19.1. The first kappa shape index (κ1) is 14.0. The fourth-order valence-electron chi connectivity index (χ4n) is 3.62. The maximum Gasteiger partial charge on any atom is 0.128 e. The monoisotopic (exact) mass is 278 g/mol. The summed E-state index contributed by atoms with van der Waals surface area (Å²) in [5.74, 6) is -0.188. The van der Waals surface area contributed by atoms with Crippen molar-refractivity contribution in [1.29, 1.82) is 0 Å². The summed E-state index contributed by atoms with van der Waals surface area (Å²) in [5, 5.41) is 0. The van der Waals surface area contributed by atoms with Crippen LogP contribution in [-0.2, 0) is 16.1 Å². The molecule has 1 saturated heterocycles. The summed E-state index contributed by atoms with van der Waals surface area (Å²) in [6.07, 6.45) is 5.46. The lowest BCUT2D eigenvalue weighted by atomic mass is 9.94. The van der Waals surface area contributed by atoms with Crippen LogP contribution in [0.1, 0.15) is 51.5 Å². The topological polar surface area (TPSA) is 18.5 Å². The van der Waals surface area contributed by atoms with Crippen molar-refractivity contribution in [2.24, 2.45) is 0 Å². The summed E-state index contributed by atoms with van der Waals surface area (Å²) in [5.41, 5.74) is 0.449. The molecule has 3 heteroatoms. The third-order valence-electron chi connectivity index (χ3n) is 4.68. The van der Waals surface area contributed by atoms with Gasteiger partial charge < -0.3 is 9.47 Å². The van der Waals surface area contributed by atoms with Gasteiger partial charge in [-0.3, -0.25) is 0 Å². The third kappa shape index (κ3) is 2.61. The summed E-state index contributed by atoms with van der Waals surface area (Å²) in [6.45, 7) is 4.63. The first-order valence-corrected chi connectivity index (χ1v) is 7.56. The van der Waals surface area contributed by atoms with E-state index in [1.165, 1.54) is 6.07 Å². The van der Waals surface area contributed by atoms with E-state index in [9.17, 15) is 4.39 Å². The van der Waals surface area contributed by atoms with Crippen molar-refractivity contribution in [2.75, 3.05) is 0 Å². The van der Waals surface area contributed by atoms with Crippen LogP contribution in [0.4, 0.5) is 4.39 Å². The predicted molar refractivity (Wildman–Crippen MR) is 76.0 cm³/mol. The Morgan fingerprint density at radius 1 is 1.25 bits per heavy atom. The molecule has 1 aromatic carbocycles. The van der Waals surface area contributed by atoms with Crippen molar-refractivity contribution in [1.82, 2.24) is 0 Å². The van der Waals surface area contributed by atoms with Gasteiger partial charge in [-0.1, -0.05) is 18.2 Å². The molecular weight excluding hydrogens is 255 g/mol. The molecule has 20 heavy (non-hydrogen) atoms. The Kier molecular flexibility index (Phi) is 3.59. The molecule has 2 atom stereocenters. The van der Waals surface area contributed by atoms with Gasteiger partial charge in [0.25, 0.3) is 0 Å². The van der Waals surface area contributed by atoms with Gasteiger partial charge in [0.15, 0.2) is 0 Å². The van der Waals surface area contributed by atoms with E-state index in [1.807, 2.05) is 6.07 Å². The van der Waals surface area contributed by atoms with Crippen LogP contribution in [0.25, 0.3) is 0 Å². The summed E-state index contributed by atoms with van der Waals surface area (Å²) < 4.78 is 26.0. The molecule has 0 N–H and O–H groups in total. The minimum Gasteiger partial charge on any atom is -0.370 e. The van der Waals surface area contributed by atoms with Gasteiger partial charge in [0.05, 0.1) is 23.9 Å². The van der Waals surface area contributed by atoms with E-state index in [0.29, 0.717) is 12.2 Å². The lowest BCUT2D eigenvalue weighted by Crippen LogP contribution is -2.41. The molecule has 2 unspecified atom stereocenters. The average molecular weight is 278 g/mol. The highest BCUT2D eigenvalue weighted by Crippen LogP contribution is 2.48. The quantitative estimate of drug-likeness (QED) is 0.824. The van der Waals surface area contributed by atoms with Crippen molar-refractivity contribution in [3.8, 4) is 0 Å². The van der Waals surface area contributed by atoms with Crippen LogP contribution in [-0.4, -0.2) is 17.3 Å². The highest BCUT2D eigenvalue weighted by molar-refractivity contribution is 5.16. The molecule has 0 radical (unpaired) electrons. The van der Waals surface area contributed by atoms with Gasteiger partial charge in [-0.15, -0.1) is 0 Å². The van der Waals surface area contributed by atoms with Gasteiger partial charge >= 0.3 is 0 Å². The fourth-order valence-corrected chi connectivity index (χ4v) is 3.62. The fraction of sp³-hybridized carbons (Fsp3) is 0.647. The lowest BCUT2D eigenvalue weighted by molar-refractivity contribution is -0.151. The second-order valence-corrected chi connectivity index (χ2v) is 6.71. The summed E-state index contributed by atoms with van der Waals surface area (Å²) in [7, 11) is 0. The molecule has 3 rings (SSSR count). The van der Waals surface area contributed by atoms with Gasteiger partial charge in [-0.25, -0.2) is 4.39 Å². The van der Waals surface area contributed by atoms with E-state index in [0.717, 1.165) is 32.1 Å². The standard InChI is InChI=1S/C17H23FO2/c1-16(2)10-11-17(20-16)9-5-8-15(17)19-12-13-6-3-4-7-14(13)18/h3-4,6-7,15H,5,8-12H2,1-2H3. The predicted octanol–water partition coefficient (Wildman–Crippen LogP) is 4.22. The number of ether oxygens (including phenoxy) is 2. The van der Waals surface area contributed by atoms with Crippen molar-refractivity contribution >= 4 is 0 Å². The highest BCUT2D eigenvalue weighted by Gasteiger charge is 2.52. The summed E-state index contributed by atoms with van der Waals surface area (Å²) in [4.78, 5) is 0. The molecule has 1 spiro atoms. The zero-order valence-corrected chi connectivity index (χ0v) is 12.3. The second-order valence-electron chi connectivity index (χ2n) is 6.71. The van der Waals surface area contributed by atoms with Crippen molar-refractivity contribution in [2.45, 2.75) is 69.9 Å². The lowest BCUT2D eigenvalue weighted by Gasteiger charge is -2.33. The maximum absolute atomic E-state index is 13.6. The smallest absolute Gasteiger partial charge is 0.128 e. The Bertz CT molecular complexity index is 486. The second kappa shape index (κ2) is 5.12. The number of halogens is 1. The normalized spacial score (nSPS) is 32.0. The van der Waals surface area contributed by atoms with Crippen LogP contribution >= 0.6 is 0 Å². The van der Waals surface area contributed by atoms with Crippen molar-refractivity contribution in [3.63, 3.8) is 0 Å². The van der Waals surface area contributed by atoms with E-state index in [-0.39, 0.29) is 23.1 Å². The largest absolute Gasteiger partial charge is 0.370 e. The Labute approximate surface area is 120 Å². The van der Waals surface area contributed by atoms with Crippen LogP contribution < -0.4 is 0 Å². The minimum atomic E-state index is -0.188. The van der Waals surface area contributed by atoms with Crippen LogP contribution in [0.15, 0.2) is 24.3 Å². The van der Waals surface area contributed by atoms with E-state index in [1.54, 1.807) is 12.1 Å². The van der Waals surface area contributed by atoms with Crippen LogP contribution in [0, 0.1) is 5.82 Å². The molecule has 1 heterocycles. The molecule has 0 amide bonds. The van der Waals surface area contributed by atoms with Crippen LogP contribution in [0.2, 0.25) is 0 Å². The first-order valence-electron chi connectivity index (χ1n) is 7.56. The van der Waals surface area contributed by atoms with Gasteiger partial charge in [-0.05, 0) is 52.0 Å². The molecule has 0 aromatic heterocycles. The molecule has 110 valence electrons. The van der Waals surface area contributed by atoms with E-state index >= 15 is 0 Å². The van der Waals surface area contributed by atoms with Crippen LogP contribution in [0.5, 0.6) is 0 Å². The van der Waals surface area contributed by atoms with Gasteiger partial charge in [0.1, 0.15) is 5.82 Å². The Morgan fingerprint density at radius 2 is 2.05 bits per heavy atom. The Balaban J connectivity index is 1.67. The number of rotatable bonds is 3. The average Bonchev–Trinajstić information content (AvgIpc) is 2.93. The van der Waals surface area contributed by atoms with E-state index in [4.69, 9.17) is 9.47 Å². The number of hydrogen-bond donors (Lipinski definition) is 0. The summed E-state index contributed by atoms with van der Waals surface area (Å²) in [6, 6.07) is 6.83. The van der Waals surface area contributed by atoms with Crippen molar-refractivity contribution in [3.05, 3.63) is 35.6 Å². The van der Waals surface area contributed by atoms with Gasteiger partial charge in [-0.2, -0.15) is 0 Å². The molecule has 2 aliphatic rings. The molecule has 2 fully saturated rings. The minimum absolute atomic E-state index is 0.0516.